The first-order chi connectivity index (χ1) is 7.72. The second kappa shape index (κ2) is 4.76. The fourth-order valence-corrected chi connectivity index (χ4v) is 2.73. The van der Waals surface area contributed by atoms with Crippen molar-refractivity contribution in [2.75, 3.05) is 7.05 Å². The maximum Gasteiger partial charge on any atom is 0.0798 e. The number of thiazole rings is 1. The molecule has 0 amide bonds. The van der Waals surface area contributed by atoms with Crippen molar-refractivity contribution in [2.24, 2.45) is 0 Å². The van der Waals surface area contributed by atoms with E-state index in [0.717, 1.165) is 5.69 Å². The van der Waals surface area contributed by atoms with Gasteiger partial charge >= 0.3 is 0 Å². The molecule has 1 aromatic carbocycles. The van der Waals surface area contributed by atoms with Crippen molar-refractivity contribution in [1.29, 1.82) is 0 Å². The summed E-state index contributed by atoms with van der Waals surface area (Å²) in [4.78, 5) is 5.60. The summed E-state index contributed by atoms with van der Waals surface area (Å²) in [6, 6.07) is 8.91. The number of hydrogen-bond acceptors (Lipinski definition) is 3. The Balaban J connectivity index is 2.37. The first-order valence-corrected chi connectivity index (χ1v) is 6.24. The zero-order chi connectivity index (χ0) is 11.5. The van der Waals surface area contributed by atoms with Gasteiger partial charge in [0, 0.05) is 4.88 Å². The third-order valence-electron chi connectivity index (χ3n) is 2.74. The Labute approximate surface area is 100 Å². The number of aromatic nitrogens is 1. The van der Waals surface area contributed by atoms with Crippen molar-refractivity contribution in [2.45, 2.75) is 19.9 Å². The summed E-state index contributed by atoms with van der Waals surface area (Å²) in [5, 5.41) is 3.35. The Morgan fingerprint density at radius 2 is 1.88 bits per heavy atom. The molecular weight excluding hydrogens is 216 g/mol. The van der Waals surface area contributed by atoms with E-state index in [1.807, 2.05) is 12.6 Å². The molecular formula is C13H16N2S. The van der Waals surface area contributed by atoms with Gasteiger partial charge in [0.2, 0.25) is 0 Å². The summed E-state index contributed by atoms with van der Waals surface area (Å²) in [5.74, 6) is 0. The van der Waals surface area contributed by atoms with Crippen LogP contribution in [-0.2, 0) is 0 Å². The highest BCUT2D eigenvalue weighted by atomic mass is 32.1. The number of nitrogens with zero attached hydrogens (tertiary/aromatic N) is 1. The van der Waals surface area contributed by atoms with Crippen molar-refractivity contribution in [3.63, 3.8) is 0 Å². The first kappa shape index (κ1) is 11.3. The summed E-state index contributed by atoms with van der Waals surface area (Å²) in [7, 11) is 1.99. The van der Waals surface area contributed by atoms with E-state index in [0.29, 0.717) is 0 Å². The molecule has 0 spiro atoms. The predicted octanol–water partition coefficient (Wildman–Crippen LogP) is 3.07. The number of aryl methyl sites for hydroxylation is 2. The van der Waals surface area contributed by atoms with Gasteiger partial charge in [-0.15, -0.1) is 11.3 Å². The molecule has 0 bridgehead atoms. The predicted molar refractivity (Wildman–Crippen MR) is 68.9 cm³/mol. The summed E-state index contributed by atoms with van der Waals surface area (Å²) < 4.78 is 0. The Bertz CT molecular complexity index is 459. The Hall–Kier alpha value is -1.19. The maximum atomic E-state index is 4.31. The van der Waals surface area contributed by atoms with Crippen LogP contribution in [0, 0.1) is 13.8 Å². The van der Waals surface area contributed by atoms with E-state index in [4.69, 9.17) is 0 Å². The Morgan fingerprint density at radius 3 is 2.38 bits per heavy atom. The zero-order valence-corrected chi connectivity index (χ0v) is 10.6. The molecule has 84 valence electrons. The molecule has 1 N–H and O–H groups in total. The first-order valence-electron chi connectivity index (χ1n) is 5.36. The number of benzene rings is 1. The van der Waals surface area contributed by atoms with Gasteiger partial charge in [-0.2, -0.15) is 0 Å². The molecule has 0 aliphatic rings. The van der Waals surface area contributed by atoms with Crippen LogP contribution in [0.1, 0.15) is 27.7 Å². The number of hydrogen-bond donors (Lipinski definition) is 1. The van der Waals surface area contributed by atoms with E-state index < -0.39 is 0 Å². The van der Waals surface area contributed by atoms with Gasteiger partial charge in [0.25, 0.3) is 0 Å². The second-order valence-corrected chi connectivity index (χ2v) is 4.82. The quantitative estimate of drug-likeness (QED) is 0.879. The molecule has 1 aromatic heterocycles. The minimum Gasteiger partial charge on any atom is -0.309 e. The van der Waals surface area contributed by atoms with E-state index in [-0.39, 0.29) is 6.04 Å². The van der Waals surface area contributed by atoms with Gasteiger partial charge in [0.15, 0.2) is 0 Å². The molecule has 0 aliphatic carbocycles. The highest BCUT2D eigenvalue weighted by molar-refractivity contribution is 7.09. The van der Waals surface area contributed by atoms with Gasteiger partial charge in [-0.05, 0) is 26.5 Å². The Morgan fingerprint density at radius 1 is 1.19 bits per heavy atom. The van der Waals surface area contributed by atoms with Gasteiger partial charge < -0.3 is 5.32 Å². The molecule has 3 heteroatoms. The normalized spacial score (nSPS) is 12.7. The molecule has 0 fully saturated rings. The lowest BCUT2D eigenvalue weighted by Gasteiger charge is -2.15. The van der Waals surface area contributed by atoms with Crippen LogP contribution in [0.3, 0.4) is 0 Å². The van der Waals surface area contributed by atoms with E-state index >= 15 is 0 Å². The second-order valence-electron chi connectivity index (χ2n) is 3.93. The molecule has 0 saturated carbocycles. The summed E-state index contributed by atoms with van der Waals surface area (Å²) in [6.45, 7) is 4.17. The average Bonchev–Trinajstić information content (AvgIpc) is 2.69. The topological polar surface area (TPSA) is 24.9 Å². The highest BCUT2D eigenvalue weighted by Crippen LogP contribution is 2.27. The molecule has 1 unspecified atom stereocenters. The third-order valence-corrected chi connectivity index (χ3v) is 3.74. The summed E-state index contributed by atoms with van der Waals surface area (Å²) in [6.07, 6.45) is 0. The van der Waals surface area contributed by atoms with Crippen LogP contribution in [-0.4, -0.2) is 12.0 Å². The number of nitrogens with one attached hydrogen (secondary N) is 1. The molecule has 2 nitrogen and oxygen atoms in total. The summed E-state index contributed by atoms with van der Waals surface area (Å²) in [5.41, 5.74) is 5.61. The van der Waals surface area contributed by atoms with Crippen molar-refractivity contribution < 1.29 is 0 Å². The van der Waals surface area contributed by atoms with Gasteiger partial charge in [-0.1, -0.05) is 29.8 Å². The van der Waals surface area contributed by atoms with E-state index in [1.54, 1.807) is 11.3 Å². The summed E-state index contributed by atoms with van der Waals surface area (Å²) >= 11 is 1.71. The largest absolute Gasteiger partial charge is 0.309 e. The van der Waals surface area contributed by atoms with Crippen LogP contribution in [0.25, 0.3) is 0 Å². The fourth-order valence-electron chi connectivity index (χ4n) is 1.80. The molecule has 0 aliphatic heterocycles. The third kappa shape index (κ3) is 2.15. The Kier molecular flexibility index (Phi) is 3.36. The zero-order valence-electron chi connectivity index (χ0n) is 9.82. The van der Waals surface area contributed by atoms with Crippen LogP contribution in [0.2, 0.25) is 0 Å². The van der Waals surface area contributed by atoms with Crippen LogP contribution >= 0.6 is 11.3 Å². The molecule has 2 aromatic rings. The van der Waals surface area contributed by atoms with Crippen molar-refractivity contribution in [3.8, 4) is 0 Å². The molecule has 0 saturated heterocycles. The van der Waals surface area contributed by atoms with E-state index in [1.165, 1.54) is 16.0 Å². The van der Waals surface area contributed by atoms with Gasteiger partial charge in [0.1, 0.15) is 0 Å². The van der Waals surface area contributed by atoms with Crippen LogP contribution in [0.15, 0.2) is 29.8 Å². The average molecular weight is 232 g/mol. The van der Waals surface area contributed by atoms with E-state index in [2.05, 4.69) is 48.4 Å². The fraction of sp³-hybridized carbons (Fsp3) is 0.308. The van der Waals surface area contributed by atoms with Gasteiger partial charge in [0.05, 0.1) is 17.2 Å². The minimum absolute atomic E-state index is 0.257. The van der Waals surface area contributed by atoms with Crippen LogP contribution in [0.4, 0.5) is 0 Å². The lowest BCUT2D eigenvalue weighted by atomic mass is 10.0. The van der Waals surface area contributed by atoms with E-state index in [9.17, 15) is 0 Å². The van der Waals surface area contributed by atoms with Crippen molar-refractivity contribution in [3.05, 3.63) is 51.5 Å². The highest BCUT2D eigenvalue weighted by Gasteiger charge is 2.15. The molecule has 1 heterocycles. The molecule has 16 heavy (non-hydrogen) atoms. The monoisotopic (exact) mass is 232 g/mol. The maximum absolute atomic E-state index is 4.31. The minimum atomic E-state index is 0.257. The lowest BCUT2D eigenvalue weighted by Crippen LogP contribution is -2.17. The van der Waals surface area contributed by atoms with Gasteiger partial charge in [-0.25, -0.2) is 4.98 Å². The number of rotatable bonds is 3. The van der Waals surface area contributed by atoms with Crippen LogP contribution < -0.4 is 5.32 Å². The standard InChI is InChI=1S/C13H16N2S/c1-9-4-6-11(7-5-9)12(14-3)13-10(2)15-8-16-13/h4-8,12,14H,1-3H3. The van der Waals surface area contributed by atoms with Gasteiger partial charge in [-0.3, -0.25) is 0 Å². The lowest BCUT2D eigenvalue weighted by molar-refractivity contribution is 0.697. The molecule has 1 atom stereocenters. The molecule has 2 rings (SSSR count). The van der Waals surface area contributed by atoms with Crippen molar-refractivity contribution >= 4 is 11.3 Å². The SMILES string of the molecule is CNC(c1ccc(C)cc1)c1scnc1C. The van der Waals surface area contributed by atoms with Crippen molar-refractivity contribution in [1.82, 2.24) is 10.3 Å². The van der Waals surface area contributed by atoms with Crippen LogP contribution in [0.5, 0.6) is 0 Å². The smallest absolute Gasteiger partial charge is 0.0798 e. The molecule has 0 radical (unpaired) electrons.